The average molecular weight is 294 g/mol. The van der Waals surface area contributed by atoms with Gasteiger partial charge in [0.15, 0.2) is 0 Å². The van der Waals surface area contributed by atoms with Gasteiger partial charge in [-0.2, -0.15) is 0 Å². The second-order valence-corrected chi connectivity index (χ2v) is 6.02. The monoisotopic (exact) mass is 294 g/mol. The third-order valence-corrected chi connectivity index (χ3v) is 4.20. The lowest BCUT2D eigenvalue weighted by Crippen LogP contribution is -2.47. The first-order valence-corrected chi connectivity index (χ1v) is 7.86. The number of aromatic nitrogens is 1. The molecule has 2 rings (SSSR count). The van der Waals surface area contributed by atoms with Crippen molar-refractivity contribution in [2.24, 2.45) is 5.92 Å². The highest BCUT2D eigenvalue weighted by atomic mass is 19.1. The van der Waals surface area contributed by atoms with Gasteiger partial charge in [0.2, 0.25) is 0 Å². The van der Waals surface area contributed by atoms with Crippen molar-refractivity contribution in [3.05, 3.63) is 29.8 Å². The Morgan fingerprint density at radius 3 is 2.57 bits per heavy atom. The van der Waals surface area contributed by atoms with E-state index in [9.17, 15) is 4.39 Å². The molecule has 1 fully saturated rings. The molecule has 1 saturated heterocycles. The standard InChI is InChI=1S/C16H27FN4/c1-4-18-16(15-6-5-14(17)11-19-15)13(2)12-21-9-7-20(3)8-10-21/h5-6,11,13,16,18H,4,7-10,12H2,1-3H3. The fraction of sp³-hybridized carbons (Fsp3) is 0.688. The summed E-state index contributed by atoms with van der Waals surface area (Å²) in [6.07, 6.45) is 1.31. The summed E-state index contributed by atoms with van der Waals surface area (Å²) in [6, 6.07) is 3.47. The molecule has 0 aromatic carbocycles. The van der Waals surface area contributed by atoms with E-state index in [0.29, 0.717) is 5.92 Å². The molecule has 2 unspecified atom stereocenters. The third kappa shape index (κ3) is 4.73. The highest BCUT2D eigenvalue weighted by molar-refractivity contribution is 5.11. The molecule has 1 N–H and O–H groups in total. The summed E-state index contributed by atoms with van der Waals surface area (Å²) in [5.74, 6) is 0.159. The molecule has 5 heteroatoms. The van der Waals surface area contributed by atoms with Crippen molar-refractivity contribution >= 4 is 0 Å². The van der Waals surface area contributed by atoms with Crippen molar-refractivity contribution < 1.29 is 4.39 Å². The van der Waals surface area contributed by atoms with E-state index < -0.39 is 0 Å². The molecule has 4 nitrogen and oxygen atoms in total. The first kappa shape index (κ1) is 16.3. The van der Waals surface area contributed by atoms with E-state index in [1.807, 2.05) is 0 Å². The average Bonchev–Trinajstić information content (AvgIpc) is 2.48. The van der Waals surface area contributed by atoms with Gasteiger partial charge in [0.05, 0.1) is 17.9 Å². The van der Waals surface area contributed by atoms with Crippen LogP contribution >= 0.6 is 0 Å². The van der Waals surface area contributed by atoms with Gasteiger partial charge in [-0.15, -0.1) is 0 Å². The van der Waals surface area contributed by atoms with E-state index >= 15 is 0 Å². The van der Waals surface area contributed by atoms with Gasteiger partial charge in [-0.1, -0.05) is 13.8 Å². The number of halogens is 1. The molecule has 0 radical (unpaired) electrons. The maximum atomic E-state index is 13.1. The Morgan fingerprint density at radius 1 is 1.29 bits per heavy atom. The normalized spacial score (nSPS) is 20.4. The molecule has 2 heterocycles. The minimum atomic E-state index is -0.277. The van der Waals surface area contributed by atoms with Crippen molar-refractivity contribution in [1.82, 2.24) is 20.1 Å². The molecule has 0 bridgehead atoms. The van der Waals surface area contributed by atoms with E-state index in [4.69, 9.17) is 0 Å². The number of pyridine rings is 1. The SMILES string of the molecule is CCNC(c1ccc(F)cn1)C(C)CN1CCN(C)CC1. The van der Waals surface area contributed by atoms with Crippen LogP contribution in [0.1, 0.15) is 25.6 Å². The van der Waals surface area contributed by atoms with Gasteiger partial charge in [0.25, 0.3) is 0 Å². The van der Waals surface area contributed by atoms with Gasteiger partial charge >= 0.3 is 0 Å². The highest BCUT2D eigenvalue weighted by Crippen LogP contribution is 2.21. The van der Waals surface area contributed by atoms with Crippen molar-refractivity contribution in [3.8, 4) is 0 Å². The van der Waals surface area contributed by atoms with Gasteiger partial charge < -0.3 is 15.1 Å². The highest BCUT2D eigenvalue weighted by Gasteiger charge is 2.23. The van der Waals surface area contributed by atoms with Crippen LogP contribution in [0.2, 0.25) is 0 Å². The topological polar surface area (TPSA) is 31.4 Å². The van der Waals surface area contributed by atoms with Gasteiger partial charge in [0, 0.05) is 32.7 Å². The Bertz CT molecular complexity index is 415. The Balaban J connectivity index is 1.98. The Hall–Kier alpha value is -1.04. The van der Waals surface area contributed by atoms with Crippen LogP contribution < -0.4 is 5.32 Å². The van der Waals surface area contributed by atoms with Crippen molar-refractivity contribution in [2.75, 3.05) is 46.3 Å². The van der Waals surface area contributed by atoms with Crippen LogP contribution in [-0.4, -0.2) is 61.1 Å². The molecule has 118 valence electrons. The minimum Gasteiger partial charge on any atom is -0.309 e. The lowest BCUT2D eigenvalue weighted by molar-refractivity contribution is 0.129. The molecular formula is C16H27FN4. The van der Waals surface area contributed by atoms with Gasteiger partial charge in [-0.3, -0.25) is 4.98 Å². The van der Waals surface area contributed by atoms with Crippen molar-refractivity contribution in [2.45, 2.75) is 19.9 Å². The molecule has 0 saturated carbocycles. The number of nitrogens with zero attached hydrogens (tertiary/aromatic N) is 3. The molecule has 21 heavy (non-hydrogen) atoms. The van der Waals surface area contributed by atoms with Gasteiger partial charge in [-0.25, -0.2) is 4.39 Å². The summed E-state index contributed by atoms with van der Waals surface area (Å²) < 4.78 is 13.1. The predicted molar refractivity (Wildman–Crippen MR) is 83.7 cm³/mol. The zero-order valence-corrected chi connectivity index (χ0v) is 13.3. The summed E-state index contributed by atoms with van der Waals surface area (Å²) in [5.41, 5.74) is 0.930. The summed E-state index contributed by atoms with van der Waals surface area (Å²) >= 11 is 0. The largest absolute Gasteiger partial charge is 0.309 e. The number of nitrogens with one attached hydrogen (secondary N) is 1. The molecule has 0 amide bonds. The van der Waals surface area contributed by atoms with Crippen molar-refractivity contribution in [3.63, 3.8) is 0 Å². The van der Waals surface area contributed by atoms with Crippen LogP contribution in [0.5, 0.6) is 0 Å². The summed E-state index contributed by atoms with van der Waals surface area (Å²) in [6.45, 7) is 10.8. The number of hydrogen-bond donors (Lipinski definition) is 1. The third-order valence-electron chi connectivity index (χ3n) is 4.20. The molecule has 1 aliphatic heterocycles. The summed E-state index contributed by atoms with van der Waals surface area (Å²) in [4.78, 5) is 9.14. The maximum Gasteiger partial charge on any atom is 0.141 e. The lowest BCUT2D eigenvalue weighted by Gasteiger charge is -2.36. The van der Waals surface area contributed by atoms with Crippen LogP contribution in [0, 0.1) is 11.7 Å². The van der Waals surface area contributed by atoms with Crippen LogP contribution in [0.3, 0.4) is 0 Å². The first-order chi connectivity index (χ1) is 10.1. The second kappa shape index (κ2) is 7.82. The molecule has 0 spiro atoms. The molecule has 2 atom stereocenters. The predicted octanol–water partition coefficient (Wildman–Crippen LogP) is 1.75. The number of likely N-dealkylation sites (N-methyl/N-ethyl adjacent to an activating group) is 1. The zero-order chi connectivity index (χ0) is 15.2. The molecular weight excluding hydrogens is 267 g/mol. The Kier molecular flexibility index (Phi) is 6.08. The number of piperazine rings is 1. The molecule has 1 aliphatic rings. The smallest absolute Gasteiger partial charge is 0.141 e. The zero-order valence-electron chi connectivity index (χ0n) is 13.3. The van der Waals surface area contributed by atoms with E-state index in [-0.39, 0.29) is 11.9 Å². The quantitative estimate of drug-likeness (QED) is 0.866. The van der Waals surface area contributed by atoms with E-state index in [1.165, 1.54) is 12.3 Å². The van der Waals surface area contributed by atoms with Crippen LogP contribution in [0.4, 0.5) is 4.39 Å². The van der Waals surface area contributed by atoms with Crippen molar-refractivity contribution in [1.29, 1.82) is 0 Å². The fourth-order valence-electron chi connectivity index (χ4n) is 2.93. The second-order valence-electron chi connectivity index (χ2n) is 6.02. The number of hydrogen-bond acceptors (Lipinski definition) is 4. The summed E-state index contributed by atoms with van der Waals surface area (Å²) in [5, 5.41) is 3.49. The van der Waals surface area contributed by atoms with Crippen LogP contribution in [-0.2, 0) is 0 Å². The van der Waals surface area contributed by atoms with E-state index in [2.05, 4.69) is 41.0 Å². The molecule has 1 aromatic heterocycles. The van der Waals surface area contributed by atoms with Crippen LogP contribution in [0.15, 0.2) is 18.3 Å². The molecule has 0 aliphatic carbocycles. The first-order valence-electron chi connectivity index (χ1n) is 7.86. The van der Waals surface area contributed by atoms with E-state index in [0.717, 1.165) is 45.0 Å². The lowest BCUT2D eigenvalue weighted by atomic mass is 9.97. The Labute approximate surface area is 127 Å². The maximum absolute atomic E-state index is 13.1. The molecule has 1 aromatic rings. The summed E-state index contributed by atoms with van der Waals surface area (Å²) in [7, 11) is 2.17. The van der Waals surface area contributed by atoms with Gasteiger partial charge in [0.1, 0.15) is 5.82 Å². The number of rotatable bonds is 6. The minimum absolute atomic E-state index is 0.176. The Morgan fingerprint density at radius 2 is 2.00 bits per heavy atom. The van der Waals surface area contributed by atoms with E-state index in [1.54, 1.807) is 6.07 Å². The fourth-order valence-corrected chi connectivity index (χ4v) is 2.93. The van der Waals surface area contributed by atoms with Gasteiger partial charge in [-0.05, 0) is 31.6 Å². The van der Waals surface area contributed by atoms with Crippen LogP contribution in [0.25, 0.3) is 0 Å².